The average molecular weight is 315 g/mol. The summed E-state index contributed by atoms with van der Waals surface area (Å²) in [6, 6.07) is 0.274. The van der Waals surface area contributed by atoms with Gasteiger partial charge in [0.25, 0.3) is 0 Å². The van der Waals surface area contributed by atoms with Crippen LogP contribution in [0.1, 0.15) is 65.2 Å². The molecule has 5 nitrogen and oxygen atoms in total. The van der Waals surface area contributed by atoms with Crippen LogP contribution in [0, 0.1) is 0 Å². The lowest BCUT2D eigenvalue weighted by Gasteiger charge is -2.07. The summed E-state index contributed by atoms with van der Waals surface area (Å²) in [6.07, 6.45) is 10.4. The molecule has 0 saturated carbocycles. The van der Waals surface area contributed by atoms with E-state index in [9.17, 15) is 0 Å². The van der Waals surface area contributed by atoms with E-state index in [-0.39, 0.29) is 11.3 Å². The highest BCUT2D eigenvalue weighted by Crippen LogP contribution is 2.12. The van der Waals surface area contributed by atoms with Crippen molar-refractivity contribution in [3.8, 4) is 6.01 Å². The zero-order chi connectivity index (χ0) is 15.3. The summed E-state index contributed by atoms with van der Waals surface area (Å²) in [6.45, 7) is 5.49. The van der Waals surface area contributed by atoms with E-state index in [0.717, 1.165) is 13.0 Å². The third kappa shape index (κ3) is 8.71. The minimum atomic E-state index is 0.159. The molecule has 0 aliphatic carbocycles. The molecule has 1 heterocycles. The number of rotatable bonds is 12. The molecule has 0 amide bonds. The summed E-state index contributed by atoms with van der Waals surface area (Å²) < 4.78 is 5.23. The van der Waals surface area contributed by atoms with Crippen LogP contribution < -0.4 is 10.1 Å². The Morgan fingerprint density at radius 2 is 1.57 bits per heavy atom. The number of halogens is 1. The third-order valence-corrected chi connectivity index (χ3v) is 3.34. The first-order valence-corrected chi connectivity index (χ1v) is 8.42. The Morgan fingerprint density at radius 1 is 0.905 bits per heavy atom. The van der Waals surface area contributed by atoms with Crippen molar-refractivity contribution in [2.24, 2.45) is 0 Å². The molecule has 0 atom stereocenters. The van der Waals surface area contributed by atoms with Crippen LogP contribution in [0.5, 0.6) is 6.01 Å². The van der Waals surface area contributed by atoms with Crippen LogP contribution in [-0.4, -0.2) is 28.1 Å². The summed E-state index contributed by atoms with van der Waals surface area (Å²) in [7, 11) is 0. The van der Waals surface area contributed by atoms with Gasteiger partial charge in [-0.25, -0.2) is 0 Å². The second-order valence-corrected chi connectivity index (χ2v) is 5.38. The Morgan fingerprint density at radius 3 is 2.24 bits per heavy atom. The van der Waals surface area contributed by atoms with Crippen molar-refractivity contribution < 1.29 is 4.74 Å². The van der Waals surface area contributed by atoms with Crippen molar-refractivity contribution in [1.29, 1.82) is 0 Å². The van der Waals surface area contributed by atoms with E-state index in [0.29, 0.717) is 12.6 Å². The highest BCUT2D eigenvalue weighted by Gasteiger charge is 2.04. The lowest BCUT2D eigenvalue weighted by molar-refractivity contribution is 0.312. The maximum Gasteiger partial charge on any atom is 0.322 e. The molecule has 6 heteroatoms. The third-order valence-electron chi connectivity index (χ3n) is 3.17. The maximum absolute atomic E-state index is 5.83. The van der Waals surface area contributed by atoms with Crippen molar-refractivity contribution in [3.05, 3.63) is 5.28 Å². The van der Waals surface area contributed by atoms with Gasteiger partial charge in [-0.3, -0.25) is 0 Å². The molecule has 0 bridgehead atoms. The number of ether oxygens (including phenoxy) is 1. The van der Waals surface area contributed by atoms with Gasteiger partial charge in [0.2, 0.25) is 11.2 Å². The number of nitrogens with zero attached hydrogens (tertiary/aromatic N) is 3. The molecule has 0 fully saturated rings. The van der Waals surface area contributed by atoms with Crippen molar-refractivity contribution in [3.63, 3.8) is 0 Å². The fourth-order valence-corrected chi connectivity index (χ4v) is 2.22. The molecule has 1 N–H and O–H groups in total. The van der Waals surface area contributed by atoms with Gasteiger partial charge in [-0.05, 0) is 24.9 Å². The average Bonchev–Trinajstić information content (AvgIpc) is 2.45. The van der Waals surface area contributed by atoms with Crippen LogP contribution in [0.15, 0.2) is 0 Å². The fourth-order valence-electron chi connectivity index (χ4n) is 2.06. The van der Waals surface area contributed by atoms with Gasteiger partial charge in [-0.15, -0.1) is 0 Å². The Balaban J connectivity index is 2.12. The van der Waals surface area contributed by atoms with E-state index in [1.807, 2.05) is 6.92 Å². The van der Waals surface area contributed by atoms with Crippen LogP contribution >= 0.6 is 11.6 Å². The van der Waals surface area contributed by atoms with Gasteiger partial charge in [0.1, 0.15) is 0 Å². The number of hydrogen-bond donors (Lipinski definition) is 1. The second-order valence-electron chi connectivity index (χ2n) is 5.05. The summed E-state index contributed by atoms with van der Waals surface area (Å²) >= 11 is 5.83. The largest absolute Gasteiger partial charge is 0.464 e. The molecule has 120 valence electrons. The number of aromatic nitrogens is 3. The predicted molar refractivity (Wildman–Crippen MR) is 87.1 cm³/mol. The van der Waals surface area contributed by atoms with E-state index in [1.54, 1.807) is 0 Å². The van der Waals surface area contributed by atoms with Crippen LogP contribution in [-0.2, 0) is 0 Å². The predicted octanol–water partition coefficient (Wildman–Crippen LogP) is 4.48. The van der Waals surface area contributed by atoms with Gasteiger partial charge in [-0.2, -0.15) is 15.0 Å². The lowest BCUT2D eigenvalue weighted by atomic mass is 10.1. The van der Waals surface area contributed by atoms with Gasteiger partial charge >= 0.3 is 6.01 Å². The van der Waals surface area contributed by atoms with Gasteiger partial charge in [0, 0.05) is 6.54 Å². The molecule has 0 saturated heterocycles. The van der Waals surface area contributed by atoms with Gasteiger partial charge in [0.05, 0.1) is 6.61 Å². The van der Waals surface area contributed by atoms with E-state index in [4.69, 9.17) is 16.3 Å². The molecule has 0 aliphatic rings. The first-order valence-electron chi connectivity index (χ1n) is 8.04. The molecule has 0 aromatic carbocycles. The van der Waals surface area contributed by atoms with E-state index in [2.05, 4.69) is 27.2 Å². The summed E-state index contributed by atoms with van der Waals surface area (Å²) in [4.78, 5) is 12.1. The van der Waals surface area contributed by atoms with Gasteiger partial charge in [-0.1, -0.05) is 51.9 Å². The normalized spacial score (nSPS) is 10.6. The molecule has 1 aromatic heterocycles. The Hall–Kier alpha value is -1.10. The van der Waals surface area contributed by atoms with Crippen molar-refractivity contribution in [2.45, 2.75) is 65.2 Å². The number of anilines is 1. The van der Waals surface area contributed by atoms with E-state index >= 15 is 0 Å². The quantitative estimate of drug-likeness (QED) is 0.576. The van der Waals surface area contributed by atoms with Crippen LogP contribution in [0.2, 0.25) is 5.28 Å². The standard InChI is InChI=1S/C15H27ClN4O/c1-3-5-6-7-8-9-10-11-12-17-14-18-13(16)19-15(20-14)21-4-2/h3-12H2,1-2H3,(H,17,18,19,20). The highest BCUT2D eigenvalue weighted by atomic mass is 35.5. The zero-order valence-corrected chi connectivity index (χ0v) is 14.0. The van der Waals surface area contributed by atoms with Crippen molar-refractivity contribution in [2.75, 3.05) is 18.5 Å². The Bertz CT molecular complexity index is 390. The van der Waals surface area contributed by atoms with Crippen molar-refractivity contribution in [1.82, 2.24) is 15.0 Å². The van der Waals surface area contributed by atoms with Crippen LogP contribution in [0.3, 0.4) is 0 Å². The molecule has 0 radical (unpaired) electrons. The topological polar surface area (TPSA) is 59.9 Å². The lowest BCUT2D eigenvalue weighted by Crippen LogP contribution is -2.08. The number of nitrogens with one attached hydrogen (secondary N) is 1. The number of unbranched alkanes of at least 4 members (excludes halogenated alkanes) is 7. The molecule has 21 heavy (non-hydrogen) atoms. The SMILES string of the molecule is CCCCCCCCCCNc1nc(Cl)nc(OCC)n1. The maximum atomic E-state index is 5.83. The van der Waals surface area contributed by atoms with Crippen molar-refractivity contribution >= 4 is 17.5 Å². The van der Waals surface area contributed by atoms with Gasteiger partial charge < -0.3 is 10.1 Å². The highest BCUT2D eigenvalue weighted by molar-refractivity contribution is 6.28. The second kappa shape index (κ2) is 11.5. The first kappa shape index (κ1) is 18.0. The molecule has 1 aromatic rings. The smallest absolute Gasteiger partial charge is 0.322 e. The molecule has 0 aliphatic heterocycles. The summed E-state index contributed by atoms with van der Waals surface area (Å²) in [5.74, 6) is 0.487. The summed E-state index contributed by atoms with van der Waals surface area (Å²) in [5.41, 5.74) is 0. The van der Waals surface area contributed by atoms with Crippen LogP contribution in [0.25, 0.3) is 0 Å². The van der Waals surface area contributed by atoms with Gasteiger partial charge in [0.15, 0.2) is 0 Å². The Labute approximate surface area is 132 Å². The Kier molecular flexibility index (Phi) is 9.87. The molecule has 1 rings (SSSR count). The number of hydrogen-bond acceptors (Lipinski definition) is 5. The summed E-state index contributed by atoms with van der Waals surface area (Å²) in [5, 5.41) is 3.33. The first-order chi connectivity index (χ1) is 10.3. The van der Waals surface area contributed by atoms with Crippen LogP contribution in [0.4, 0.5) is 5.95 Å². The minimum Gasteiger partial charge on any atom is -0.464 e. The van der Waals surface area contributed by atoms with E-state index < -0.39 is 0 Å². The minimum absolute atomic E-state index is 0.159. The fraction of sp³-hybridized carbons (Fsp3) is 0.800. The molecular formula is C15H27ClN4O. The zero-order valence-electron chi connectivity index (χ0n) is 13.2. The van der Waals surface area contributed by atoms with E-state index in [1.165, 1.54) is 44.9 Å². The molecule has 0 unspecified atom stereocenters. The molecular weight excluding hydrogens is 288 g/mol. The monoisotopic (exact) mass is 314 g/mol. The molecule has 0 spiro atoms.